The van der Waals surface area contributed by atoms with Crippen LogP contribution in [0.1, 0.15) is 42.1 Å². The molecule has 1 amide bonds. The molecule has 0 bridgehead atoms. The molecule has 1 aromatic carbocycles. The highest BCUT2D eigenvalue weighted by atomic mass is 19.3. The number of hydrogen-bond donors (Lipinski definition) is 1. The van der Waals surface area contributed by atoms with Gasteiger partial charge in [-0.1, -0.05) is 24.3 Å². The molecule has 1 saturated carbocycles. The largest absolute Gasteiger partial charge is 0.338 e. The molecule has 4 rings (SSSR count). The van der Waals surface area contributed by atoms with Crippen molar-refractivity contribution in [3.8, 4) is 0 Å². The first kappa shape index (κ1) is 17.1. The van der Waals surface area contributed by atoms with Gasteiger partial charge in [0.25, 0.3) is 5.92 Å². The fourth-order valence-corrected chi connectivity index (χ4v) is 3.42. The number of carbonyl (C=O) groups excluding carboxylic acids is 1. The molecule has 2 fully saturated rings. The summed E-state index contributed by atoms with van der Waals surface area (Å²) in [5, 5.41) is 7.31. The van der Waals surface area contributed by atoms with Gasteiger partial charge in [-0.15, -0.1) is 0 Å². The molecular weight excluding hydrogens is 338 g/mol. The number of nitrogens with zero attached hydrogens (tertiary/aromatic N) is 3. The Kier molecular flexibility index (Phi) is 4.48. The van der Waals surface area contributed by atoms with Crippen LogP contribution in [-0.2, 0) is 24.4 Å². The number of alkyl halides is 2. The Bertz CT molecular complexity index is 787. The van der Waals surface area contributed by atoms with E-state index in [9.17, 15) is 13.6 Å². The number of aromatic nitrogens is 2. The Balaban J connectivity index is 1.28. The maximum Gasteiger partial charge on any atom is 0.272 e. The Morgan fingerprint density at radius 3 is 2.54 bits per heavy atom. The second-order valence-electron chi connectivity index (χ2n) is 7.09. The minimum atomic E-state index is -2.62. The third-order valence-corrected chi connectivity index (χ3v) is 5.04. The van der Waals surface area contributed by atoms with Gasteiger partial charge in [0.05, 0.1) is 5.69 Å². The number of likely N-dealkylation sites (tertiary alicyclic amines) is 1. The zero-order chi connectivity index (χ0) is 18.1. The van der Waals surface area contributed by atoms with Crippen LogP contribution in [0.3, 0.4) is 0 Å². The number of benzene rings is 1. The fraction of sp³-hybridized carbons (Fsp3) is 0.474. The van der Waals surface area contributed by atoms with E-state index in [0.29, 0.717) is 26.1 Å². The van der Waals surface area contributed by atoms with Gasteiger partial charge in [-0.05, 0) is 23.6 Å². The quantitative estimate of drug-likeness (QED) is 0.826. The maximum atomic E-state index is 13.2. The SMILES string of the molecule is O=C1CCCN1Cc1ccc(CNCc2ccnn2C2CC2(F)F)cc1. The van der Waals surface area contributed by atoms with Crippen molar-refractivity contribution in [2.45, 2.75) is 50.9 Å². The molecule has 1 unspecified atom stereocenters. The van der Waals surface area contributed by atoms with E-state index in [0.717, 1.165) is 29.8 Å². The molecule has 1 aliphatic heterocycles. The van der Waals surface area contributed by atoms with Crippen LogP contribution in [0.25, 0.3) is 0 Å². The minimum absolute atomic E-state index is 0.122. The first-order valence-electron chi connectivity index (χ1n) is 8.99. The third-order valence-electron chi connectivity index (χ3n) is 5.04. The number of carbonyl (C=O) groups is 1. The van der Waals surface area contributed by atoms with Gasteiger partial charge in [0.1, 0.15) is 6.04 Å². The van der Waals surface area contributed by atoms with Crippen LogP contribution < -0.4 is 5.32 Å². The average molecular weight is 360 g/mol. The highest BCUT2D eigenvalue weighted by molar-refractivity contribution is 5.78. The lowest BCUT2D eigenvalue weighted by atomic mass is 10.1. The number of halogens is 2. The minimum Gasteiger partial charge on any atom is -0.338 e. The maximum absolute atomic E-state index is 13.2. The van der Waals surface area contributed by atoms with E-state index < -0.39 is 12.0 Å². The Hall–Kier alpha value is -2.28. The van der Waals surface area contributed by atoms with E-state index >= 15 is 0 Å². The number of amides is 1. The summed E-state index contributed by atoms with van der Waals surface area (Å²) in [7, 11) is 0. The second kappa shape index (κ2) is 6.79. The summed E-state index contributed by atoms with van der Waals surface area (Å²) in [4.78, 5) is 13.6. The highest BCUT2D eigenvalue weighted by Crippen LogP contribution is 2.52. The molecule has 2 aromatic rings. The number of hydrogen-bond acceptors (Lipinski definition) is 3. The van der Waals surface area contributed by atoms with E-state index in [1.54, 1.807) is 12.3 Å². The van der Waals surface area contributed by atoms with Crippen molar-refractivity contribution < 1.29 is 13.6 Å². The standard InChI is InChI=1S/C19H22F2N4O/c20-19(21)10-17(19)25-16(7-8-23-25)12-22-11-14-3-5-15(6-4-14)13-24-9-1-2-18(24)26/h3-8,17,22H,1-2,9-13H2. The Morgan fingerprint density at radius 2 is 1.88 bits per heavy atom. The zero-order valence-corrected chi connectivity index (χ0v) is 14.5. The summed E-state index contributed by atoms with van der Waals surface area (Å²) in [6.07, 6.45) is 3.05. The van der Waals surface area contributed by atoms with Crippen LogP contribution in [0.4, 0.5) is 8.78 Å². The fourth-order valence-electron chi connectivity index (χ4n) is 3.42. The molecule has 5 nitrogen and oxygen atoms in total. The van der Waals surface area contributed by atoms with Gasteiger partial charge in [-0.3, -0.25) is 9.48 Å². The van der Waals surface area contributed by atoms with Crippen LogP contribution in [0.2, 0.25) is 0 Å². The molecule has 1 aromatic heterocycles. The van der Waals surface area contributed by atoms with E-state index in [1.807, 2.05) is 29.2 Å². The summed E-state index contributed by atoms with van der Waals surface area (Å²) < 4.78 is 27.9. The summed E-state index contributed by atoms with van der Waals surface area (Å²) in [5.74, 6) is -2.39. The van der Waals surface area contributed by atoms with Crippen molar-refractivity contribution in [1.82, 2.24) is 20.0 Å². The lowest BCUT2D eigenvalue weighted by Gasteiger charge is -2.15. The molecule has 1 N–H and O–H groups in total. The lowest BCUT2D eigenvalue weighted by molar-refractivity contribution is -0.128. The van der Waals surface area contributed by atoms with E-state index in [4.69, 9.17) is 0 Å². The van der Waals surface area contributed by atoms with Gasteiger partial charge in [-0.2, -0.15) is 5.10 Å². The monoisotopic (exact) mass is 360 g/mol. The van der Waals surface area contributed by atoms with Crippen molar-refractivity contribution in [2.24, 2.45) is 0 Å². The van der Waals surface area contributed by atoms with Crippen LogP contribution in [0.5, 0.6) is 0 Å². The third kappa shape index (κ3) is 3.62. The van der Waals surface area contributed by atoms with Gasteiger partial charge < -0.3 is 10.2 Å². The molecular formula is C19H22F2N4O. The van der Waals surface area contributed by atoms with E-state index in [1.165, 1.54) is 4.68 Å². The van der Waals surface area contributed by atoms with Crippen molar-refractivity contribution in [1.29, 1.82) is 0 Å². The molecule has 0 spiro atoms. The topological polar surface area (TPSA) is 50.2 Å². The predicted octanol–water partition coefficient (Wildman–Crippen LogP) is 2.88. The van der Waals surface area contributed by atoms with Gasteiger partial charge in [-0.25, -0.2) is 8.78 Å². The summed E-state index contributed by atoms with van der Waals surface area (Å²) in [6, 6.07) is 9.14. The predicted molar refractivity (Wildman–Crippen MR) is 92.5 cm³/mol. The van der Waals surface area contributed by atoms with Crippen molar-refractivity contribution in [3.05, 3.63) is 53.3 Å². The lowest BCUT2D eigenvalue weighted by Crippen LogP contribution is -2.23. The molecule has 0 radical (unpaired) electrons. The normalized spacial score (nSPS) is 21.4. The van der Waals surface area contributed by atoms with Crippen molar-refractivity contribution in [3.63, 3.8) is 0 Å². The van der Waals surface area contributed by atoms with Crippen LogP contribution >= 0.6 is 0 Å². The van der Waals surface area contributed by atoms with Gasteiger partial charge in [0.2, 0.25) is 5.91 Å². The first-order valence-corrected chi connectivity index (χ1v) is 8.99. The average Bonchev–Trinajstić information content (AvgIpc) is 2.95. The smallest absolute Gasteiger partial charge is 0.272 e. The Labute approximate surface area is 151 Å². The zero-order valence-electron chi connectivity index (χ0n) is 14.5. The van der Waals surface area contributed by atoms with Crippen molar-refractivity contribution >= 4 is 5.91 Å². The molecule has 1 aliphatic carbocycles. The van der Waals surface area contributed by atoms with E-state index in [-0.39, 0.29) is 12.3 Å². The summed E-state index contributed by atoms with van der Waals surface area (Å²) in [5.41, 5.74) is 3.01. The first-order chi connectivity index (χ1) is 12.5. The molecule has 7 heteroatoms. The van der Waals surface area contributed by atoms with Gasteiger partial charge >= 0.3 is 0 Å². The summed E-state index contributed by atoms with van der Waals surface area (Å²) >= 11 is 0. The number of rotatable bonds is 7. The molecule has 1 atom stereocenters. The molecule has 138 valence electrons. The molecule has 1 saturated heterocycles. The van der Waals surface area contributed by atoms with Crippen molar-refractivity contribution in [2.75, 3.05) is 6.54 Å². The number of nitrogens with one attached hydrogen (secondary N) is 1. The highest BCUT2D eigenvalue weighted by Gasteiger charge is 2.59. The van der Waals surface area contributed by atoms with E-state index in [2.05, 4.69) is 10.4 Å². The Morgan fingerprint density at radius 1 is 1.15 bits per heavy atom. The second-order valence-corrected chi connectivity index (χ2v) is 7.09. The summed E-state index contributed by atoms with van der Waals surface area (Å²) in [6.45, 7) is 2.66. The molecule has 2 heterocycles. The molecule has 26 heavy (non-hydrogen) atoms. The van der Waals surface area contributed by atoms with Gasteiger partial charge in [0, 0.05) is 45.2 Å². The van der Waals surface area contributed by atoms with Crippen LogP contribution in [0, 0.1) is 0 Å². The molecule has 2 aliphatic rings. The van der Waals surface area contributed by atoms with Gasteiger partial charge in [0.15, 0.2) is 0 Å². The van der Waals surface area contributed by atoms with Crippen LogP contribution in [-0.4, -0.2) is 33.1 Å². The van der Waals surface area contributed by atoms with Crippen LogP contribution in [0.15, 0.2) is 36.5 Å².